The maximum absolute atomic E-state index is 6.31. The Morgan fingerprint density at radius 1 is 1.35 bits per heavy atom. The summed E-state index contributed by atoms with van der Waals surface area (Å²) in [5.74, 6) is 0.886. The van der Waals surface area contributed by atoms with Crippen LogP contribution in [0.1, 0.15) is 50.1 Å². The zero-order valence-corrected chi connectivity index (χ0v) is 13.6. The van der Waals surface area contributed by atoms with Crippen LogP contribution in [0.25, 0.3) is 11.2 Å². The molecule has 2 aromatic rings. The van der Waals surface area contributed by atoms with Crippen molar-refractivity contribution in [3.8, 4) is 0 Å². The summed E-state index contributed by atoms with van der Waals surface area (Å²) in [7, 11) is 3.67. The highest BCUT2D eigenvalue weighted by atomic mass is 35.5. The van der Waals surface area contributed by atoms with Crippen molar-refractivity contribution >= 4 is 22.8 Å². The summed E-state index contributed by atoms with van der Waals surface area (Å²) in [5, 5.41) is 4.45. The van der Waals surface area contributed by atoms with E-state index in [1.54, 1.807) is 7.11 Å². The van der Waals surface area contributed by atoms with Crippen molar-refractivity contribution < 1.29 is 4.74 Å². The molecule has 0 aliphatic rings. The zero-order chi connectivity index (χ0) is 14.9. The molecule has 0 saturated heterocycles. The molecule has 5 nitrogen and oxygen atoms in total. The number of hydrogen-bond donors (Lipinski definition) is 0. The lowest BCUT2D eigenvalue weighted by atomic mass is 10.2. The Morgan fingerprint density at radius 3 is 2.60 bits per heavy atom. The normalized spacial score (nSPS) is 14.9. The van der Waals surface area contributed by atoms with Crippen LogP contribution in [0.15, 0.2) is 0 Å². The van der Waals surface area contributed by atoms with Gasteiger partial charge in [0.2, 0.25) is 0 Å². The number of halogens is 1. The van der Waals surface area contributed by atoms with Crippen LogP contribution in [-0.4, -0.2) is 33.0 Å². The molecule has 2 unspecified atom stereocenters. The standard InChI is InChI=1S/C14H23ClN4O/c1-6-7-11-12-14(18(4)17-11)19(9(2)8-20-5)13(16-12)10(3)15/h9-10H,6-8H2,1-5H3. The second-order valence-electron chi connectivity index (χ2n) is 5.25. The number of imidazole rings is 1. The average molecular weight is 299 g/mol. The Labute approximate surface area is 124 Å². The Bertz CT molecular complexity index is 588. The van der Waals surface area contributed by atoms with Crippen LogP contribution in [0.4, 0.5) is 0 Å². The van der Waals surface area contributed by atoms with Crippen molar-refractivity contribution in [1.29, 1.82) is 0 Å². The molecule has 2 atom stereocenters. The fraction of sp³-hybridized carbons (Fsp3) is 0.714. The monoisotopic (exact) mass is 298 g/mol. The molecule has 0 spiro atoms. The molecule has 0 fully saturated rings. The molecular weight excluding hydrogens is 276 g/mol. The second-order valence-corrected chi connectivity index (χ2v) is 5.91. The lowest BCUT2D eigenvalue weighted by Gasteiger charge is -2.17. The molecule has 2 rings (SSSR count). The molecule has 20 heavy (non-hydrogen) atoms. The minimum absolute atomic E-state index is 0.142. The van der Waals surface area contributed by atoms with Crippen LogP contribution in [0, 0.1) is 0 Å². The Balaban J connectivity index is 2.65. The quantitative estimate of drug-likeness (QED) is 0.769. The fourth-order valence-electron chi connectivity index (χ4n) is 2.66. The van der Waals surface area contributed by atoms with Gasteiger partial charge in [-0.1, -0.05) is 13.3 Å². The van der Waals surface area contributed by atoms with Gasteiger partial charge in [0.15, 0.2) is 5.65 Å². The maximum atomic E-state index is 6.31. The molecule has 0 radical (unpaired) electrons. The van der Waals surface area contributed by atoms with Crippen molar-refractivity contribution in [3.05, 3.63) is 11.5 Å². The Morgan fingerprint density at radius 2 is 2.05 bits per heavy atom. The summed E-state index contributed by atoms with van der Waals surface area (Å²) in [5.41, 5.74) is 3.05. The Hall–Kier alpha value is -1.07. The molecule has 2 aromatic heterocycles. The number of aromatic nitrogens is 4. The number of hydrogen-bond acceptors (Lipinski definition) is 3. The molecule has 0 amide bonds. The predicted molar refractivity (Wildman–Crippen MR) is 81.3 cm³/mol. The highest BCUT2D eigenvalue weighted by Gasteiger charge is 2.24. The van der Waals surface area contributed by atoms with Crippen LogP contribution in [-0.2, 0) is 18.2 Å². The van der Waals surface area contributed by atoms with E-state index in [2.05, 4.69) is 23.5 Å². The number of ether oxygens (including phenoxy) is 1. The van der Waals surface area contributed by atoms with Gasteiger partial charge >= 0.3 is 0 Å². The molecule has 0 aliphatic heterocycles. The van der Waals surface area contributed by atoms with Gasteiger partial charge in [0, 0.05) is 14.2 Å². The summed E-state index contributed by atoms with van der Waals surface area (Å²) in [4.78, 5) is 4.75. The molecule has 0 bridgehead atoms. The van der Waals surface area contributed by atoms with Crippen LogP contribution in [0.3, 0.4) is 0 Å². The summed E-state index contributed by atoms with van der Waals surface area (Å²) >= 11 is 6.31. The van der Waals surface area contributed by atoms with Crippen molar-refractivity contribution in [3.63, 3.8) is 0 Å². The topological polar surface area (TPSA) is 44.9 Å². The highest BCUT2D eigenvalue weighted by molar-refractivity contribution is 6.20. The van der Waals surface area contributed by atoms with Gasteiger partial charge in [0.1, 0.15) is 11.3 Å². The molecule has 0 saturated carbocycles. The molecule has 112 valence electrons. The van der Waals surface area contributed by atoms with Crippen molar-refractivity contribution in [2.75, 3.05) is 13.7 Å². The van der Waals surface area contributed by atoms with E-state index in [9.17, 15) is 0 Å². The Kier molecular flexibility index (Phi) is 4.70. The second kappa shape index (κ2) is 6.14. The van der Waals surface area contributed by atoms with E-state index >= 15 is 0 Å². The van der Waals surface area contributed by atoms with Crippen LogP contribution in [0.2, 0.25) is 0 Å². The number of methoxy groups -OCH3 is 1. The largest absolute Gasteiger partial charge is 0.383 e. The van der Waals surface area contributed by atoms with E-state index in [-0.39, 0.29) is 11.4 Å². The molecule has 6 heteroatoms. The van der Waals surface area contributed by atoms with Gasteiger partial charge in [-0.05, 0) is 20.3 Å². The lowest BCUT2D eigenvalue weighted by Crippen LogP contribution is -2.16. The van der Waals surface area contributed by atoms with Crippen molar-refractivity contribution in [2.24, 2.45) is 7.05 Å². The summed E-state index contributed by atoms with van der Waals surface area (Å²) in [6.45, 7) is 6.83. The van der Waals surface area contributed by atoms with Crippen LogP contribution >= 0.6 is 11.6 Å². The minimum atomic E-state index is -0.142. The first kappa shape index (κ1) is 15.3. The number of rotatable bonds is 6. The van der Waals surface area contributed by atoms with Gasteiger partial charge < -0.3 is 9.30 Å². The first-order valence-electron chi connectivity index (χ1n) is 7.07. The van der Waals surface area contributed by atoms with E-state index in [4.69, 9.17) is 21.3 Å². The first-order chi connectivity index (χ1) is 9.51. The van der Waals surface area contributed by atoms with E-state index in [0.717, 1.165) is 35.5 Å². The van der Waals surface area contributed by atoms with E-state index < -0.39 is 0 Å². The molecule has 2 heterocycles. The van der Waals surface area contributed by atoms with Gasteiger partial charge in [-0.2, -0.15) is 5.10 Å². The van der Waals surface area contributed by atoms with Crippen molar-refractivity contribution in [2.45, 2.75) is 45.0 Å². The first-order valence-corrected chi connectivity index (χ1v) is 7.51. The van der Waals surface area contributed by atoms with Crippen LogP contribution < -0.4 is 0 Å². The number of fused-ring (bicyclic) bond motifs is 1. The van der Waals surface area contributed by atoms with Gasteiger partial charge in [-0.3, -0.25) is 4.68 Å². The number of nitrogens with zero attached hydrogens (tertiary/aromatic N) is 4. The van der Waals surface area contributed by atoms with E-state index in [0.29, 0.717) is 6.61 Å². The summed E-state index contributed by atoms with van der Waals surface area (Å²) < 4.78 is 9.34. The average Bonchev–Trinajstić information content (AvgIpc) is 2.90. The van der Waals surface area contributed by atoms with Crippen molar-refractivity contribution in [1.82, 2.24) is 19.3 Å². The lowest BCUT2D eigenvalue weighted by molar-refractivity contribution is 0.162. The summed E-state index contributed by atoms with van der Waals surface area (Å²) in [6, 6.07) is 0.172. The van der Waals surface area contributed by atoms with E-state index in [1.807, 2.05) is 18.7 Å². The third-order valence-corrected chi connectivity index (χ3v) is 3.65. The number of aryl methyl sites for hydroxylation is 2. The SMILES string of the molecule is CCCc1nn(C)c2c1nc(C(C)Cl)n2C(C)COC. The molecule has 0 N–H and O–H groups in total. The fourth-order valence-corrected chi connectivity index (χ4v) is 2.81. The molecule has 0 aliphatic carbocycles. The molecular formula is C14H23ClN4O. The summed E-state index contributed by atoms with van der Waals surface area (Å²) in [6.07, 6.45) is 1.99. The highest BCUT2D eigenvalue weighted by Crippen LogP contribution is 2.29. The smallest absolute Gasteiger partial charge is 0.159 e. The number of alkyl halides is 1. The van der Waals surface area contributed by atoms with Gasteiger partial charge in [-0.25, -0.2) is 4.98 Å². The predicted octanol–water partition coefficient (Wildman–Crippen LogP) is 3.23. The zero-order valence-electron chi connectivity index (χ0n) is 12.9. The van der Waals surface area contributed by atoms with Gasteiger partial charge in [0.05, 0.1) is 23.7 Å². The van der Waals surface area contributed by atoms with Gasteiger partial charge in [0.25, 0.3) is 0 Å². The molecule has 0 aromatic carbocycles. The van der Waals surface area contributed by atoms with E-state index in [1.165, 1.54) is 0 Å². The maximum Gasteiger partial charge on any atom is 0.159 e. The minimum Gasteiger partial charge on any atom is -0.383 e. The third-order valence-electron chi connectivity index (χ3n) is 3.45. The van der Waals surface area contributed by atoms with Crippen LogP contribution in [0.5, 0.6) is 0 Å². The third kappa shape index (κ3) is 2.56. The van der Waals surface area contributed by atoms with Gasteiger partial charge in [-0.15, -0.1) is 11.6 Å².